The van der Waals surface area contributed by atoms with Gasteiger partial charge < -0.3 is 4.74 Å². The van der Waals surface area contributed by atoms with Gasteiger partial charge in [-0.3, -0.25) is 4.98 Å². The van der Waals surface area contributed by atoms with E-state index in [9.17, 15) is 0 Å². The molecule has 23 heavy (non-hydrogen) atoms. The molecule has 116 valence electrons. The maximum Gasteiger partial charge on any atom is 0.181 e. The van der Waals surface area contributed by atoms with Crippen LogP contribution >= 0.6 is 0 Å². The van der Waals surface area contributed by atoms with Crippen LogP contribution in [-0.4, -0.2) is 33.0 Å². The molecule has 0 spiro atoms. The summed E-state index contributed by atoms with van der Waals surface area (Å²) in [7, 11) is 0. The van der Waals surface area contributed by atoms with Gasteiger partial charge in [-0.05, 0) is 25.0 Å². The van der Waals surface area contributed by atoms with Gasteiger partial charge >= 0.3 is 0 Å². The summed E-state index contributed by atoms with van der Waals surface area (Å²) in [6.45, 7) is 3.53. The molecular formula is C18H18N4O. The molecule has 3 aromatic rings. The first kappa shape index (κ1) is 14.1. The van der Waals surface area contributed by atoms with Crippen LogP contribution in [0.4, 0.5) is 0 Å². The molecule has 0 amide bonds. The van der Waals surface area contributed by atoms with Crippen LogP contribution in [0.15, 0.2) is 48.8 Å². The molecule has 1 atom stereocenters. The van der Waals surface area contributed by atoms with E-state index in [1.807, 2.05) is 54.2 Å². The highest BCUT2D eigenvalue weighted by Gasteiger charge is 2.26. The second-order valence-electron chi connectivity index (χ2n) is 5.79. The van der Waals surface area contributed by atoms with Crippen molar-refractivity contribution in [2.45, 2.75) is 19.3 Å². The Kier molecular flexibility index (Phi) is 3.63. The van der Waals surface area contributed by atoms with Crippen LogP contribution in [-0.2, 0) is 4.74 Å². The Morgan fingerprint density at radius 2 is 2.04 bits per heavy atom. The summed E-state index contributed by atoms with van der Waals surface area (Å²) < 4.78 is 7.51. The summed E-state index contributed by atoms with van der Waals surface area (Å²) in [5.74, 6) is 2.01. The Hall–Kier alpha value is -2.53. The summed E-state index contributed by atoms with van der Waals surface area (Å²) >= 11 is 0. The van der Waals surface area contributed by atoms with Crippen molar-refractivity contribution in [1.29, 1.82) is 0 Å². The number of ether oxygens (including phenoxy) is 1. The number of hydrogen-bond donors (Lipinski definition) is 0. The molecule has 1 saturated heterocycles. The lowest BCUT2D eigenvalue weighted by Crippen LogP contribution is -2.10. The summed E-state index contributed by atoms with van der Waals surface area (Å²) in [4.78, 5) is 9.01. The van der Waals surface area contributed by atoms with E-state index in [0.717, 1.165) is 41.5 Å². The van der Waals surface area contributed by atoms with Crippen molar-refractivity contribution in [3.63, 3.8) is 0 Å². The predicted molar refractivity (Wildman–Crippen MR) is 87.5 cm³/mol. The van der Waals surface area contributed by atoms with Crippen molar-refractivity contribution in [2.24, 2.45) is 0 Å². The lowest BCUT2D eigenvalue weighted by Gasteiger charge is -2.11. The first-order valence-corrected chi connectivity index (χ1v) is 7.84. The lowest BCUT2D eigenvalue weighted by molar-refractivity contribution is 0.193. The fourth-order valence-electron chi connectivity index (χ4n) is 2.92. The van der Waals surface area contributed by atoms with Crippen molar-refractivity contribution < 1.29 is 4.74 Å². The van der Waals surface area contributed by atoms with Crippen molar-refractivity contribution >= 4 is 0 Å². The highest BCUT2D eigenvalue weighted by molar-refractivity contribution is 5.55. The Morgan fingerprint density at radius 3 is 2.78 bits per heavy atom. The Morgan fingerprint density at radius 1 is 1.17 bits per heavy atom. The minimum Gasteiger partial charge on any atom is -0.381 e. The van der Waals surface area contributed by atoms with Crippen molar-refractivity contribution in [3.8, 4) is 17.1 Å². The zero-order chi connectivity index (χ0) is 15.6. The molecule has 3 heterocycles. The van der Waals surface area contributed by atoms with E-state index in [1.54, 1.807) is 6.20 Å². The van der Waals surface area contributed by atoms with Gasteiger partial charge in [0.1, 0.15) is 5.82 Å². The molecule has 1 aromatic carbocycles. The van der Waals surface area contributed by atoms with Crippen molar-refractivity contribution in [1.82, 2.24) is 19.7 Å². The van der Waals surface area contributed by atoms with Gasteiger partial charge in [-0.15, -0.1) is 5.10 Å². The van der Waals surface area contributed by atoms with E-state index in [0.29, 0.717) is 6.61 Å². The van der Waals surface area contributed by atoms with Crippen molar-refractivity contribution in [2.75, 3.05) is 13.2 Å². The van der Waals surface area contributed by atoms with Crippen LogP contribution < -0.4 is 0 Å². The standard InChI is InChI=1S/C18H18N4O/c1-13-11-19-9-7-16(13)22-18(15-8-10-23-12-15)20-17(21-22)14-5-3-2-4-6-14/h2-7,9,11,15H,8,10,12H2,1H3. The van der Waals surface area contributed by atoms with Gasteiger partial charge in [-0.25, -0.2) is 9.67 Å². The van der Waals surface area contributed by atoms with E-state index >= 15 is 0 Å². The van der Waals surface area contributed by atoms with Crippen LogP contribution in [0.5, 0.6) is 0 Å². The van der Waals surface area contributed by atoms with Crippen LogP contribution in [0.2, 0.25) is 0 Å². The SMILES string of the molecule is Cc1cnccc1-n1nc(-c2ccccc2)nc1C1CCOC1. The Balaban J connectivity index is 1.86. The van der Waals surface area contributed by atoms with Gasteiger partial charge in [0.15, 0.2) is 5.82 Å². The highest BCUT2D eigenvalue weighted by Crippen LogP contribution is 2.28. The average Bonchev–Trinajstić information content (AvgIpc) is 3.25. The largest absolute Gasteiger partial charge is 0.381 e. The second kappa shape index (κ2) is 5.93. The zero-order valence-electron chi connectivity index (χ0n) is 13.0. The average molecular weight is 306 g/mol. The monoisotopic (exact) mass is 306 g/mol. The van der Waals surface area contributed by atoms with Gasteiger partial charge in [-0.1, -0.05) is 30.3 Å². The number of benzene rings is 1. The highest BCUT2D eigenvalue weighted by atomic mass is 16.5. The third-order valence-electron chi connectivity index (χ3n) is 4.18. The summed E-state index contributed by atoms with van der Waals surface area (Å²) in [6, 6.07) is 12.1. The lowest BCUT2D eigenvalue weighted by atomic mass is 10.1. The molecule has 1 fully saturated rings. The molecule has 0 radical (unpaired) electrons. The van der Waals surface area contributed by atoms with E-state index in [4.69, 9.17) is 14.8 Å². The molecule has 0 aliphatic carbocycles. The Bertz CT molecular complexity index is 807. The smallest absolute Gasteiger partial charge is 0.181 e. The molecule has 4 rings (SSSR count). The zero-order valence-corrected chi connectivity index (χ0v) is 13.0. The van der Waals surface area contributed by atoms with Crippen molar-refractivity contribution in [3.05, 3.63) is 60.2 Å². The van der Waals surface area contributed by atoms with E-state index in [2.05, 4.69) is 4.98 Å². The van der Waals surface area contributed by atoms with Gasteiger partial charge in [0.2, 0.25) is 0 Å². The minimum absolute atomic E-state index is 0.285. The molecule has 0 bridgehead atoms. The normalized spacial score (nSPS) is 17.5. The molecule has 5 heteroatoms. The number of aryl methyl sites for hydroxylation is 1. The van der Waals surface area contributed by atoms with Crippen LogP contribution in [0.1, 0.15) is 23.7 Å². The first-order chi connectivity index (χ1) is 11.3. The van der Waals surface area contributed by atoms with E-state index in [1.165, 1.54) is 0 Å². The van der Waals surface area contributed by atoms with E-state index in [-0.39, 0.29) is 5.92 Å². The molecule has 1 unspecified atom stereocenters. The quantitative estimate of drug-likeness (QED) is 0.746. The summed E-state index contributed by atoms with van der Waals surface area (Å²) in [6.07, 6.45) is 4.63. The minimum atomic E-state index is 0.285. The van der Waals surface area contributed by atoms with Crippen LogP contribution in [0.25, 0.3) is 17.1 Å². The maximum absolute atomic E-state index is 5.55. The Labute approximate surface area is 135 Å². The molecule has 0 saturated carbocycles. The van der Waals surface area contributed by atoms with Gasteiger partial charge in [0, 0.05) is 30.5 Å². The third-order valence-corrected chi connectivity index (χ3v) is 4.18. The number of pyridine rings is 1. The molecule has 2 aromatic heterocycles. The fraction of sp³-hybridized carbons (Fsp3) is 0.278. The number of nitrogens with zero attached hydrogens (tertiary/aromatic N) is 4. The number of hydrogen-bond acceptors (Lipinski definition) is 4. The van der Waals surface area contributed by atoms with E-state index < -0.39 is 0 Å². The second-order valence-corrected chi connectivity index (χ2v) is 5.79. The summed E-state index contributed by atoms with van der Waals surface area (Å²) in [5, 5.41) is 4.78. The molecule has 0 N–H and O–H groups in total. The molecular weight excluding hydrogens is 288 g/mol. The first-order valence-electron chi connectivity index (χ1n) is 7.84. The summed E-state index contributed by atoms with van der Waals surface area (Å²) in [5.41, 5.74) is 3.13. The predicted octanol–water partition coefficient (Wildman–Crippen LogP) is 3.14. The number of rotatable bonds is 3. The molecule has 1 aliphatic heterocycles. The van der Waals surface area contributed by atoms with Gasteiger partial charge in [-0.2, -0.15) is 0 Å². The fourth-order valence-corrected chi connectivity index (χ4v) is 2.92. The third kappa shape index (κ3) is 2.64. The molecule has 5 nitrogen and oxygen atoms in total. The van der Waals surface area contributed by atoms with Gasteiger partial charge in [0.25, 0.3) is 0 Å². The number of aromatic nitrogens is 4. The molecule has 1 aliphatic rings. The van der Waals surface area contributed by atoms with Gasteiger partial charge in [0.05, 0.1) is 12.3 Å². The maximum atomic E-state index is 5.55. The van der Waals surface area contributed by atoms with Crippen LogP contribution in [0, 0.1) is 6.92 Å². The topological polar surface area (TPSA) is 52.8 Å². The van der Waals surface area contributed by atoms with Crippen LogP contribution in [0.3, 0.4) is 0 Å².